The SMILES string of the molecule is C=C(C)/C=C(/Cl)C(=C)N1CCN(C)CC1. The van der Waals surface area contributed by atoms with Crippen LogP contribution in [0.1, 0.15) is 6.92 Å². The molecule has 15 heavy (non-hydrogen) atoms. The topological polar surface area (TPSA) is 6.48 Å². The van der Waals surface area contributed by atoms with Crippen molar-refractivity contribution in [2.24, 2.45) is 0 Å². The van der Waals surface area contributed by atoms with Gasteiger partial charge in [0.25, 0.3) is 0 Å². The molecule has 1 aliphatic heterocycles. The second kappa shape index (κ2) is 5.38. The van der Waals surface area contributed by atoms with Crippen LogP contribution in [0.25, 0.3) is 0 Å². The highest BCUT2D eigenvalue weighted by molar-refractivity contribution is 6.32. The summed E-state index contributed by atoms with van der Waals surface area (Å²) in [7, 11) is 2.13. The summed E-state index contributed by atoms with van der Waals surface area (Å²) in [5.41, 5.74) is 1.86. The average Bonchev–Trinajstić information content (AvgIpc) is 2.17. The molecule has 0 aromatic carbocycles. The first kappa shape index (κ1) is 12.3. The molecule has 0 saturated carbocycles. The Hall–Kier alpha value is -0.730. The minimum Gasteiger partial charge on any atom is -0.368 e. The standard InChI is InChI=1S/C12H19ClN2/c1-10(2)9-12(13)11(3)15-7-5-14(4)6-8-15/h9H,1,3,5-8H2,2,4H3/b12-9+. The van der Waals surface area contributed by atoms with Gasteiger partial charge in [-0.2, -0.15) is 0 Å². The van der Waals surface area contributed by atoms with Gasteiger partial charge >= 0.3 is 0 Å². The van der Waals surface area contributed by atoms with Gasteiger partial charge in [0.1, 0.15) is 0 Å². The zero-order valence-corrected chi connectivity index (χ0v) is 10.3. The number of allylic oxidation sites excluding steroid dienone is 3. The molecule has 0 aliphatic carbocycles. The number of likely N-dealkylation sites (N-methyl/N-ethyl adjacent to an activating group) is 1. The molecule has 0 spiro atoms. The fourth-order valence-electron chi connectivity index (χ4n) is 1.53. The van der Waals surface area contributed by atoms with Crippen LogP contribution in [-0.2, 0) is 0 Å². The van der Waals surface area contributed by atoms with Crippen LogP contribution in [0.15, 0.2) is 35.5 Å². The van der Waals surface area contributed by atoms with Crippen molar-refractivity contribution in [3.05, 3.63) is 35.5 Å². The summed E-state index contributed by atoms with van der Waals surface area (Å²) in [6, 6.07) is 0. The molecule has 0 aromatic rings. The maximum atomic E-state index is 6.14. The van der Waals surface area contributed by atoms with Crippen LogP contribution in [0.3, 0.4) is 0 Å². The monoisotopic (exact) mass is 226 g/mol. The molecule has 0 aromatic heterocycles. The Labute approximate surface area is 97.5 Å². The molecule has 1 aliphatic rings. The molecular weight excluding hydrogens is 208 g/mol. The highest BCUT2D eigenvalue weighted by atomic mass is 35.5. The minimum absolute atomic E-state index is 0.701. The van der Waals surface area contributed by atoms with E-state index in [2.05, 4.69) is 30.0 Å². The zero-order chi connectivity index (χ0) is 11.4. The number of nitrogens with zero attached hydrogens (tertiary/aromatic N) is 2. The van der Waals surface area contributed by atoms with E-state index in [1.807, 2.05) is 13.0 Å². The van der Waals surface area contributed by atoms with Gasteiger partial charge in [0.05, 0.1) is 5.03 Å². The lowest BCUT2D eigenvalue weighted by Gasteiger charge is -2.35. The van der Waals surface area contributed by atoms with Crippen LogP contribution >= 0.6 is 11.6 Å². The van der Waals surface area contributed by atoms with E-state index >= 15 is 0 Å². The van der Waals surface area contributed by atoms with Gasteiger partial charge in [0, 0.05) is 31.9 Å². The van der Waals surface area contributed by atoms with Gasteiger partial charge in [0.15, 0.2) is 0 Å². The van der Waals surface area contributed by atoms with Crippen LogP contribution in [0.5, 0.6) is 0 Å². The van der Waals surface area contributed by atoms with Gasteiger partial charge in [-0.15, -0.1) is 0 Å². The van der Waals surface area contributed by atoms with E-state index in [0.717, 1.165) is 37.4 Å². The summed E-state index contributed by atoms with van der Waals surface area (Å²) < 4.78 is 0. The minimum atomic E-state index is 0.701. The Morgan fingerprint density at radius 2 is 1.73 bits per heavy atom. The lowest BCUT2D eigenvalue weighted by molar-refractivity contribution is 0.190. The third-order valence-corrected chi connectivity index (χ3v) is 2.86. The van der Waals surface area contributed by atoms with Gasteiger partial charge in [-0.3, -0.25) is 0 Å². The summed E-state index contributed by atoms with van der Waals surface area (Å²) in [4.78, 5) is 4.53. The molecule has 0 atom stereocenters. The first-order valence-corrected chi connectivity index (χ1v) is 5.54. The maximum Gasteiger partial charge on any atom is 0.0635 e. The number of hydrogen-bond acceptors (Lipinski definition) is 2. The van der Waals surface area contributed by atoms with Crippen LogP contribution in [0.2, 0.25) is 0 Å². The number of rotatable bonds is 3. The van der Waals surface area contributed by atoms with Crippen molar-refractivity contribution in [2.75, 3.05) is 33.2 Å². The molecule has 0 amide bonds. The van der Waals surface area contributed by atoms with E-state index in [9.17, 15) is 0 Å². The highest BCUT2D eigenvalue weighted by Crippen LogP contribution is 2.20. The van der Waals surface area contributed by atoms with Crippen LogP contribution in [0.4, 0.5) is 0 Å². The Bertz CT molecular complexity index is 286. The third kappa shape index (κ3) is 3.73. The van der Waals surface area contributed by atoms with Crippen molar-refractivity contribution in [3.8, 4) is 0 Å². The molecule has 0 N–H and O–H groups in total. The summed E-state index contributed by atoms with van der Waals surface area (Å²) in [6.07, 6.45) is 1.86. The summed E-state index contributed by atoms with van der Waals surface area (Å²) >= 11 is 6.14. The molecule has 2 nitrogen and oxygen atoms in total. The van der Waals surface area contributed by atoms with E-state index in [1.165, 1.54) is 0 Å². The van der Waals surface area contributed by atoms with E-state index in [4.69, 9.17) is 11.6 Å². The molecule has 1 fully saturated rings. The first-order valence-electron chi connectivity index (χ1n) is 5.16. The fraction of sp³-hybridized carbons (Fsp3) is 0.500. The molecular formula is C12H19ClN2. The highest BCUT2D eigenvalue weighted by Gasteiger charge is 2.16. The molecule has 0 bridgehead atoms. The van der Waals surface area contributed by atoms with Crippen molar-refractivity contribution in [3.63, 3.8) is 0 Å². The lowest BCUT2D eigenvalue weighted by atomic mass is 10.2. The molecule has 3 heteroatoms. The van der Waals surface area contributed by atoms with Crippen LogP contribution in [0, 0.1) is 0 Å². The van der Waals surface area contributed by atoms with Gasteiger partial charge in [-0.05, 0) is 20.0 Å². The molecule has 1 saturated heterocycles. The second-order valence-corrected chi connectivity index (χ2v) is 4.48. The van der Waals surface area contributed by atoms with Crippen molar-refractivity contribution < 1.29 is 0 Å². The third-order valence-electron chi connectivity index (χ3n) is 2.53. The quantitative estimate of drug-likeness (QED) is 0.683. The van der Waals surface area contributed by atoms with E-state index < -0.39 is 0 Å². The molecule has 84 valence electrons. The Kier molecular flexibility index (Phi) is 4.43. The summed E-state index contributed by atoms with van der Waals surface area (Å²) in [5, 5.41) is 0.701. The van der Waals surface area contributed by atoms with Crippen molar-refractivity contribution in [2.45, 2.75) is 6.92 Å². The van der Waals surface area contributed by atoms with Gasteiger partial charge < -0.3 is 9.80 Å². The Balaban J connectivity index is 2.57. The number of halogens is 1. The van der Waals surface area contributed by atoms with Crippen molar-refractivity contribution in [1.29, 1.82) is 0 Å². The van der Waals surface area contributed by atoms with Crippen LogP contribution in [-0.4, -0.2) is 43.0 Å². The Morgan fingerprint density at radius 1 is 1.20 bits per heavy atom. The lowest BCUT2D eigenvalue weighted by Crippen LogP contribution is -2.43. The molecule has 0 radical (unpaired) electrons. The first-order chi connectivity index (χ1) is 7.00. The van der Waals surface area contributed by atoms with Crippen molar-refractivity contribution in [1.82, 2.24) is 9.80 Å². The summed E-state index contributed by atoms with van der Waals surface area (Å²) in [5.74, 6) is 0. The largest absolute Gasteiger partial charge is 0.368 e. The molecule has 1 rings (SSSR count). The predicted octanol–water partition coefficient (Wildman–Crippen LogP) is 2.45. The summed E-state index contributed by atoms with van der Waals surface area (Å²) in [6.45, 7) is 13.9. The van der Waals surface area contributed by atoms with Gasteiger partial charge in [-0.25, -0.2) is 0 Å². The molecule has 1 heterocycles. The maximum absolute atomic E-state index is 6.14. The second-order valence-electron chi connectivity index (χ2n) is 4.08. The molecule has 0 unspecified atom stereocenters. The van der Waals surface area contributed by atoms with E-state index in [0.29, 0.717) is 5.03 Å². The normalized spacial score (nSPS) is 19.1. The van der Waals surface area contributed by atoms with E-state index in [1.54, 1.807) is 0 Å². The van der Waals surface area contributed by atoms with Crippen molar-refractivity contribution >= 4 is 11.6 Å². The van der Waals surface area contributed by atoms with Crippen LogP contribution < -0.4 is 0 Å². The smallest absolute Gasteiger partial charge is 0.0635 e. The fourth-order valence-corrected chi connectivity index (χ4v) is 1.83. The Morgan fingerprint density at radius 3 is 2.20 bits per heavy atom. The number of piperazine rings is 1. The van der Waals surface area contributed by atoms with Gasteiger partial charge in [-0.1, -0.05) is 30.3 Å². The van der Waals surface area contributed by atoms with Gasteiger partial charge in [0.2, 0.25) is 0 Å². The van der Waals surface area contributed by atoms with E-state index in [-0.39, 0.29) is 0 Å². The zero-order valence-electron chi connectivity index (χ0n) is 9.59. The average molecular weight is 227 g/mol. The number of hydrogen-bond donors (Lipinski definition) is 0. The predicted molar refractivity (Wildman–Crippen MR) is 67.0 cm³/mol.